The number of amides is 2. The number of hydrogen-bond donors (Lipinski definition) is 2. The van der Waals surface area contributed by atoms with E-state index in [1.165, 1.54) is 5.56 Å². The van der Waals surface area contributed by atoms with Crippen LogP contribution in [0.2, 0.25) is 0 Å². The van der Waals surface area contributed by atoms with Crippen molar-refractivity contribution < 1.29 is 9.53 Å². The average molecular weight is 277 g/mol. The predicted octanol–water partition coefficient (Wildman–Crippen LogP) is 1.37. The van der Waals surface area contributed by atoms with E-state index in [0.29, 0.717) is 6.04 Å². The van der Waals surface area contributed by atoms with Gasteiger partial charge in [0.05, 0.1) is 7.11 Å². The van der Waals surface area contributed by atoms with Gasteiger partial charge in [-0.2, -0.15) is 0 Å². The third-order valence-electron chi connectivity index (χ3n) is 3.81. The van der Waals surface area contributed by atoms with Crippen LogP contribution in [0.4, 0.5) is 4.79 Å². The molecule has 0 aliphatic carbocycles. The van der Waals surface area contributed by atoms with Crippen LogP contribution in [-0.4, -0.2) is 43.7 Å². The van der Waals surface area contributed by atoms with Crippen LogP contribution < -0.4 is 15.8 Å². The van der Waals surface area contributed by atoms with Crippen molar-refractivity contribution in [1.82, 2.24) is 10.2 Å². The molecule has 0 atom stereocenters. The number of benzene rings is 1. The standard InChI is InChI=1S/C15H23N3O2/c1-20-14-4-2-12(3-5-14)6-9-17-13-7-10-18(11-8-13)15(16)19/h2-5,13,17H,6-11H2,1H3,(H2,16,19). The lowest BCUT2D eigenvalue weighted by Crippen LogP contribution is -2.47. The van der Waals surface area contributed by atoms with Crippen LogP contribution in [0.15, 0.2) is 24.3 Å². The Kier molecular flexibility index (Phi) is 5.24. The maximum Gasteiger partial charge on any atom is 0.314 e. The van der Waals surface area contributed by atoms with Crippen LogP contribution in [0.3, 0.4) is 0 Å². The quantitative estimate of drug-likeness (QED) is 0.854. The number of likely N-dealkylation sites (tertiary alicyclic amines) is 1. The highest BCUT2D eigenvalue weighted by molar-refractivity contribution is 5.72. The van der Waals surface area contributed by atoms with E-state index >= 15 is 0 Å². The number of nitrogens with zero attached hydrogens (tertiary/aromatic N) is 1. The van der Waals surface area contributed by atoms with Gasteiger partial charge in [0.2, 0.25) is 0 Å². The molecule has 1 saturated heterocycles. The maximum atomic E-state index is 11.0. The number of ether oxygens (including phenoxy) is 1. The minimum Gasteiger partial charge on any atom is -0.497 e. The van der Waals surface area contributed by atoms with Crippen molar-refractivity contribution in [2.45, 2.75) is 25.3 Å². The van der Waals surface area contributed by atoms with Crippen LogP contribution in [0.5, 0.6) is 5.75 Å². The topological polar surface area (TPSA) is 67.6 Å². The minimum absolute atomic E-state index is 0.304. The summed E-state index contributed by atoms with van der Waals surface area (Å²) in [6, 6.07) is 8.35. The lowest BCUT2D eigenvalue weighted by atomic mass is 10.0. The van der Waals surface area contributed by atoms with Crippen LogP contribution in [0.1, 0.15) is 18.4 Å². The van der Waals surface area contributed by atoms with Gasteiger partial charge >= 0.3 is 6.03 Å². The molecule has 2 rings (SSSR count). The van der Waals surface area contributed by atoms with Crippen molar-refractivity contribution in [2.75, 3.05) is 26.7 Å². The van der Waals surface area contributed by atoms with Gasteiger partial charge in [0.1, 0.15) is 5.75 Å². The molecule has 5 heteroatoms. The van der Waals surface area contributed by atoms with Gasteiger partial charge in [0.25, 0.3) is 0 Å². The van der Waals surface area contributed by atoms with Gasteiger partial charge in [-0.3, -0.25) is 0 Å². The Labute approximate surface area is 120 Å². The number of urea groups is 1. The van der Waals surface area contributed by atoms with Crippen molar-refractivity contribution in [1.29, 1.82) is 0 Å². The van der Waals surface area contributed by atoms with Gasteiger partial charge in [-0.25, -0.2) is 4.79 Å². The maximum absolute atomic E-state index is 11.0. The zero-order chi connectivity index (χ0) is 14.4. The first-order valence-electron chi connectivity index (χ1n) is 7.09. The number of nitrogens with two attached hydrogens (primary N) is 1. The Hall–Kier alpha value is -1.75. The first-order valence-corrected chi connectivity index (χ1v) is 7.09. The van der Waals surface area contributed by atoms with Gasteiger partial charge in [-0.1, -0.05) is 12.1 Å². The van der Waals surface area contributed by atoms with Crippen molar-refractivity contribution in [3.8, 4) is 5.75 Å². The molecular formula is C15H23N3O2. The zero-order valence-corrected chi connectivity index (χ0v) is 12.0. The first kappa shape index (κ1) is 14.7. The summed E-state index contributed by atoms with van der Waals surface area (Å²) in [7, 11) is 1.68. The summed E-state index contributed by atoms with van der Waals surface area (Å²) in [4.78, 5) is 12.7. The van der Waals surface area contributed by atoms with Crippen LogP contribution >= 0.6 is 0 Å². The summed E-state index contributed by atoms with van der Waals surface area (Å²) in [5, 5.41) is 3.55. The van der Waals surface area contributed by atoms with E-state index < -0.39 is 0 Å². The third kappa shape index (κ3) is 4.13. The molecule has 0 spiro atoms. The fourth-order valence-electron chi connectivity index (χ4n) is 2.52. The molecule has 3 N–H and O–H groups in total. The number of methoxy groups -OCH3 is 1. The second-order valence-corrected chi connectivity index (χ2v) is 5.15. The summed E-state index contributed by atoms with van der Waals surface area (Å²) in [5.41, 5.74) is 6.57. The van der Waals surface area contributed by atoms with E-state index in [-0.39, 0.29) is 6.03 Å². The van der Waals surface area contributed by atoms with E-state index in [4.69, 9.17) is 10.5 Å². The molecule has 1 fully saturated rings. The van der Waals surface area contributed by atoms with Gasteiger partial charge < -0.3 is 20.7 Å². The normalized spacial score (nSPS) is 16.1. The molecule has 5 nitrogen and oxygen atoms in total. The summed E-state index contributed by atoms with van der Waals surface area (Å²) in [5.74, 6) is 0.889. The van der Waals surface area contributed by atoms with Gasteiger partial charge in [-0.15, -0.1) is 0 Å². The molecule has 20 heavy (non-hydrogen) atoms. The van der Waals surface area contributed by atoms with Crippen LogP contribution in [-0.2, 0) is 6.42 Å². The van der Waals surface area contributed by atoms with E-state index in [1.54, 1.807) is 12.0 Å². The molecule has 1 aliphatic rings. The number of nitrogens with one attached hydrogen (secondary N) is 1. The second kappa shape index (κ2) is 7.14. The number of hydrogen-bond acceptors (Lipinski definition) is 3. The first-order chi connectivity index (χ1) is 9.69. The SMILES string of the molecule is COc1ccc(CCNC2CCN(C(N)=O)CC2)cc1. The number of primary amides is 1. The Morgan fingerprint density at radius 2 is 2.00 bits per heavy atom. The fourth-order valence-corrected chi connectivity index (χ4v) is 2.52. The molecule has 1 aromatic carbocycles. The highest BCUT2D eigenvalue weighted by atomic mass is 16.5. The van der Waals surface area contributed by atoms with E-state index in [0.717, 1.165) is 44.6 Å². The van der Waals surface area contributed by atoms with Crippen molar-refractivity contribution in [3.63, 3.8) is 0 Å². The number of piperidine rings is 1. The molecule has 0 unspecified atom stereocenters. The highest BCUT2D eigenvalue weighted by Crippen LogP contribution is 2.12. The van der Waals surface area contributed by atoms with E-state index in [9.17, 15) is 4.79 Å². The molecule has 1 aliphatic heterocycles. The summed E-state index contributed by atoms with van der Waals surface area (Å²) in [6.45, 7) is 2.47. The summed E-state index contributed by atoms with van der Waals surface area (Å²) in [6.07, 6.45) is 2.96. The lowest BCUT2D eigenvalue weighted by molar-refractivity contribution is 0.185. The van der Waals surface area contributed by atoms with E-state index in [2.05, 4.69) is 17.4 Å². The highest BCUT2D eigenvalue weighted by Gasteiger charge is 2.20. The molecule has 0 bridgehead atoms. The van der Waals surface area contributed by atoms with Crippen LogP contribution in [0.25, 0.3) is 0 Å². The van der Waals surface area contributed by atoms with Crippen LogP contribution in [0, 0.1) is 0 Å². The third-order valence-corrected chi connectivity index (χ3v) is 3.81. The lowest BCUT2D eigenvalue weighted by Gasteiger charge is -2.31. The Morgan fingerprint density at radius 1 is 1.35 bits per heavy atom. The number of rotatable bonds is 5. The monoisotopic (exact) mass is 277 g/mol. The average Bonchev–Trinajstić information content (AvgIpc) is 2.48. The smallest absolute Gasteiger partial charge is 0.314 e. The van der Waals surface area contributed by atoms with Gasteiger partial charge in [0, 0.05) is 19.1 Å². The largest absolute Gasteiger partial charge is 0.497 e. The summed E-state index contributed by atoms with van der Waals surface area (Å²) < 4.78 is 5.14. The van der Waals surface area contributed by atoms with Gasteiger partial charge in [-0.05, 0) is 43.5 Å². The molecule has 110 valence electrons. The fraction of sp³-hybridized carbons (Fsp3) is 0.533. The Balaban J connectivity index is 1.67. The molecule has 0 saturated carbocycles. The molecule has 0 aromatic heterocycles. The Morgan fingerprint density at radius 3 is 2.55 bits per heavy atom. The molecule has 1 aromatic rings. The molecule has 1 heterocycles. The van der Waals surface area contributed by atoms with Crippen molar-refractivity contribution >= 4 is 6.03 Å². The summed E-state index contributed by atoms with van der Waals surface area (Å²) >= 11 is 0. The Bertz CT molecular complexity index is 425. The second-order valence-electron chi connectivity index (χ2n) is 5.15. The minimum atomic E-state index is -0.304. The molecule has 2 amide bonds. The number of carbonyl (C=O) groups is 1. The molecular weight excluding hydrogens is 254 g/mol. The van der Waals surface area contributed by atoms with Gasteiger partial charge in [0.15, 0.2) is 0 Å². The van der Waals surface area contributed by atoms with Crippen molar-refractivity contribution in [2.24, 2.45) is 5.73 Å². The predicted molar refractivity (Wildman–Crippen MR) is 78.9 cm³/mol. The van der Waals surface area contributed by atoms with Crippen molar-refractivity contribution in [3.05, 3.63) is 29.8 Å². The van der Waals surface area contributed by atoms with E-state index in [1.807, 2.05) is 12.1 Å². The molecule has 0 radical (unpaired) electrons. The number of carbonyl (C=O) groups excluding carboxylic acids is 1. The zero-order valence-electron chi connectivity index (χ0n) is 12.0.